The second-order valence-electron chi connectivity index (χ2n) is 5.68. The molecule has 0 radical (unpaired) electrons. The maximum atomic E-state index is 8.89. The minimum atomic E-state index is -0.112. The third-order valence-electron chi connectivity index (χ3n) is 4.86. The van der Waals surface area contributed by atoms with Crippen LogP contribution in [0.25, 0.3) is 0 Å². The maximum absolute atomic E-state index is 8.89. The van der Waals surface area contributed by atoms with Crippen LogP contribution in [0, 0.1) is 23.7 Å². The van der Waals surface area contributed by atoms with Gasteiger partial charge in [-0.2, -0.15) is 0 Å². The van der Waals surface area contributed by atoms with Gasteiger partial charge >= 0.3 is 0 Å². The first-order valence-electron chi connectivity index (χ1n) is 6.38. The predicted molar refractivity (Wildman–Crippen MR) is 60.4 cm³/mol. The molecule has 0 aromatic carbocycles. The molecule has 0 heterocycles. The minimum absolute atomic E-state index is 0.0190. The van der Waals surface area contributed by atoms with E-state index in [1.807, 2.05) is 0 Å². The van der Waals surface area contributed by atoms with E-state index in [-0.39, 0.29) is 12.4 Å². The van der Waals surface area contributed by atoms with Crippen LogP contribution in [0.15, 0.2) is 0 Å². The van der Waals surface area contributed by atoms with Gasteiger partial charge in [0.05, 0.1) is 5.60 Å². The summed E-state index contributed by atoms with van der Waals surface area (Å²) >= 11 is 0. The Morgan fingerprint density at radius 2 is 2.20 bits per heavy atom. The number of rotatable bonds is 5. The van der Waals surface area contributed by atoms with Crippen LogP contribution in [0.1, 0.15) is 46.5 Å². The molecule has 2 nitrogen and oxygen atoms in total. The molecule has 2 saturated carbocycles. The van der Waals surface area contributed by atoms with E-state index in [9.17, 15) is 0 Å². The molecule has 0 saturated heterocycles. The fourth-order valence-electron chi connectivity index (χ4n) is 3.74. The molecule has 0 bridgehead atoms. The van der Waals surface area contributed by atoms with Crippen LogP contribution in [0.5, 0.6) is 0 Å². The Morgan fingerprint density at radius 3 is 2.80 bits per heavy atom. The normalized spacial score (nSPS) is 45.2. The van der Waals surface area contributed by atoms with Crippen molar-refractivity contribution < 1.29 is 9.84 Å². The minimum Gasteiger partial charge on any atom is -0.371 e. The molecule has 2 aliphatic rings. The van der Waals surface area contributed by atoms with E-state index in [1.165, 1.54) is 25.7 Å². The zero-order valence-electron chi connectivity index (χ0n) is 10.2. The standard InChI is InChI=1S/C13H24O2/c1-4-9(2)7-10-5-6-11-12(10)13(11,3)15-8-14/h9-12,14H,4-8H2,1-3H3. The molecule has 2 fully saturated rings. The van der Waals surface area contributed by atoms with Gasteiger partial charge in [0, 0.05) is 0 Å². The summed E-state index contributed by atoms with van der Waals surface area (Å²) in [6, 6.07) is 0. The highest BCUT2D eigenvalue weighted by molar-refractivity contribution is 5.16. The lowest BCUT2D eigenvalue weighted by molar-refractivity contribution is -0.0772. The zero-order chi connectivity index (χ0) is 11.1. The van der Waals surface area contributed by atoms with E-state index in [1.54, 1.807) is 0 Å². The van der Waals surface area contributed by atoms with Gasteiger partial charge in [-0.3, -0.25) is 0 Å². The summed E-state index contributed by atoms with van der Waals surface area (Å²) in [6.45, 7) is 6.69. The third-order valence-corrected chi connectivity index (χ3v) is 4.86. The van der Waals surface area contributed by atoms with Gasteiger partial charge in [0.25, 0.3) is 0 Å². The molecular formula is C13H24O2. The maximum Gasteiger partial charge on any atom is 0.144 e. The quantitative estimate of drug-likeness (QED) is 0.710. The Morgan fingerprint density at radius 1 is 1.47 bits per heavy atom. The van der Waals surface area contributed by atoms with E-state index in [0.717, 1.165) is 23.7 Å². The summed E-state index contributed by atoms with van der Waals surface area (Å²) in [7, 11) is 0. The van der Waals surface area contributed by atoms with Crippen molar-refractivity contribution >= 4 is 0 Å². The van der Waals surface area contributed by atoms with Gasteiger partial charge in [0.1, 0.15) is 6.79 Å². The fourth-order valence-corrected chi connectivity index (χ4v) is 3.74. The monoisotopic (exact) mass is 212 g/mol. The average molecular weight is 212 g/mol. The lowest BCUT2D eigenvalue weighted by Crippen LogP contribution is -2.21. The Hall–Kier alpha value is -0.0800. The average Bonchev–Trinajstić information content (AvgIpc) is 2.60. The highest BCUT2D eigenvalue weighted by Gasteiger charge is 2.67. The number of ether oxygens (including phenoxy) is 1. The first-order chi connectivity index (χ1) is 7.13. The molecule has 0 aromatic rings. The van der Waals surface area contributed by atoms with Crippen molar-refractivity contribution in [2.75, 3.05) is 6.79 Å². The summed E-state index contributed by atoms with van der Waals surface area (Å²) in [5.74, 6) is 3.16. The van der Waals surface area contributed by atoms with Crippen LogP contribution >= 0.6 is 0 Å². The molecule has 2 aliphatic carbocycles. The summed E-state index contributed by atoms with van der Waals surface area (Å²) < 4.78 is 5.51. The number of aliphatic hydroxyl groups excluding tert-OH is 1. The first-order valence-corrected chi connectivity index (χ1v) is 6.38. The van der Waals surface area contributed by atoms with Crippen LogP contribution < -0.4 is 0 Å². The van der Waals surface area contributed by atoms with Gasteiger partial charge in [0.2, 0.25) is 0 Å². The summed E-state index contributed by atoms with van der Waals surface area (Å²) in [5.41, 5.74) is 0.0190. The predicted octanol–water partition coefficient (Wildman–Crippen LogP) is 2.80. The lowest BCUT2D eigenvalue weighted by Gasteiger charge is -2.22. The molecule has 5 unspecified atom stereocenters. The van der Waals surface area contributed by atoms with Crippen molar-refractivity contribution in [1.29, 1.82) is 0 Å². The van der Waals surface area contributed by atoms with Crippen LogP contribution in [0.2, 0.25) is 0 Å². The van der Waals surface area contributed by atoms with Crippen molar-refractivity contribution in [2.24, 2.45) is 23.7 Å². The van der Waals surface area contributed by atoms with Gasteiger partial charge in [0.15, 0.2) is 0 Å². The van der Waals surface area contributed by atoms with Gasteiger partial charge in [-0.05, 0) is 49.9 Å². The van der Waals surface area contributed by atoms with Crippen molar-refractivity contribution in [3.05, 3.63) is 0 Å². The molecule has 5 atom stereocenters. The van der Waals surface area contributed by atoms with Gasteiger partial charge in [-0.25, -0.2) is 0 Å². The van der Waals surface area contributed by atoms with Gasteiger partial charge < -0.3 is 9.84 Å². The molecule has 15 heavy (non-hydrogen) atoms. The Labute approximate surface area is 93.0 Å². The van der Waals surface area contributed by atoms with Crippen molar-refractivity contribution in [3.63, 3.8) is 0 Å². The molecular weight excluding hydrogens is 188 g/mol. The van der Waals surface area contributed by atoms with E-state index in [4.69, 9.17) is 9.84 Å². The molecule has 0 spiro atoms. The van der Waals surface area contributed by atoms with E-state index in [2.05, 4.69) is 20.8 Å². The lowest BCUT2D eigenvalue weighted by atomic mass is 9.88. The molecule has 88 valence electrons. The molecule has 2 heteroatoms. The molecule has 0 aliphatic heterocycles. The highest BCUT2D eigenvalue weighted by Crippen LogP contribution is 2.66. The molecule has 0 amide bonds. The smallest absolute Gasteiger partial charge is 0.144 e. The topological polar surface area (TPSA) is 29.5 Å². The number of fused-ring (bicyclic) bond motifs is 1. The number of hydrogen-bond acceptors (Lipinski definition) is 2. The Kier molecular flexibility index (Phi) is 3.09. The summed E-state index contributed by atoms with van der Waals surface area (Å²) in [6.07, 6.45) is 5.32. The zero-order valence-corrected chi connectivity index (χ0v) is 10.2. The van der Waals surface area contributed by atoms with E-state index >= 15 is 0 Å². The summed E-state index contributed by atoms with van der Waals surface area (Å²) in [5, 5.41) is 8.89. The Balaban J connectivity index is 1.90. The first kappa shape index (κ1) is 11.4. The molecule has 1 N–H and O–H groups in total. The number of aliphatic hydroxyl groups is 1. The second-order valence-corrected chi connectivity index (χ2v) is 5.68. The van der Waals surface area contributed by atoms with Gasteiger partial charge in [-0.1, -0.05) is 20.3 Å². The van der Waals surface area contributed by atoms with Crippen molar-refractivity contribution in [2.45, 2.75) is 52.1 Å². The third kappa shape index (κ3) is 1.83. The van der Waals surface area contributed by atoms with Crippen molar-refractivity contribution in [3.8, 4) is 0 Å². The fraction of sp³-hybridized carbons (Fsp3) is 1.00. The molecule has 2 rings (SSSR count). The highest BCUT2D eigenvalue weighted by atomic mass is 16.6. The number of hydrogen-bond donors (Lipinski definition) is 1. The van der Waals surface area contributed by atoms with Crippen molar-refractivity contribution in [1.82, 2.24) is 0 Å². The van der Waals surface area contributed by atoms with Gasteiger partial charge in [-0.15, -0.1) is 0 Å². The van der Waals surface area contributed by atoms with E-state index < -0.39 is 0 Å². The van der Waals surface area contributed by atoms with E-state index in [0.29, 0.717) is 0 Å². The Bertz CT molecular complexity index is 229. The van der Waals surface area contributed by atoms with Crippen LogP contribution in [0.4, 0.5) is 0 Å². The van der Waals surface area contributed by atoms with Crippen LogP contribution in [-0.2, 0) is 4.74 Å². The molecule has 0 aromatic heterocycles. The summed E-state index contributed by atoms with van der Waals surface area (Å²) in [4.78, 5) is 0. The van der Waals surface area contributed by atoms with Crippen LogP contribution in [0.3, 0.4) is 0 Å². The van der Waals surface area contributed by atoms with Crippen LogP contribution in [-0.4, -0.2) is 17.5 Å². The second kappa shape index (κ2) is 4.06. The SMILES string of the molecule is CCC(C)CC1CCC2C1C2(C)OCO. The largest absolute Gasteiger partial charge is 0.371 e.